The molecule has 1 aromatic heterocycles. The van der Waals surface area contributed by atoms with Crippen molar-refractivity contribution in [1.29, 1.82) is 0 Å². The molecule has 3 rings (SSSR count). The van der Waals surface area contributed by atoms with Gasteiger partial charge in [-0.3, -0.25) is 14.3 Å². The van der Waals surface area contributed by atoms with Crippen LogP contribution in [0.3, 0.4) is 0 Å². The number of carbonyl (C=O) groups is 2. The van der Waals surface area contributed by atoms with Crippen LogP contribution in [0, 0.1) is 18.3 Å². The van der Waals surface area contributed by atoms with E-state index in [0.29, 0.717) is 5.69 Å². The van der Waals surface area contributed by atoms with Gasteiger partial charge in [0.1, 0.15) is 10.3 Å². The van der Waals surface area contributed by atoms with Gasteiger partial charge >= 0.3 is 5.97 Å². The number of carboxylic acids is 1. The Hall–Kier alpha value is -1.94. The van der Waals surface area contributed by atoms with Gasteiger partial charge in [0.25, 0.3) is 0 Å². The molecule has 0 aliphatic carbocycles. The van der Waals surface area contributed by atoms with Crippen molar-refractivity contribution in [1.82, 2.24) is 19.4 Å². The highest BCUT2D eigenvalue weighted by molar-refractivity contribution is 7.89. The van der Waals surface area contributed by atoms with Crippen molar-refractivity contribution in [2.24, 2.45) is 18.4 Å². The van der Waals surface area contributed by atoms with Gasteiger partial charge in [-0.25, -0.2) is 8.42 Å². The summed E-state index contributed by atoms with van der Waals surface area (Å²) in [5, 5.41) is 16.0. The molecule has 1 aromatic rings. The summed E-state index contributed by atoms with van der Waals surface area (Å²) in [6, 6.07) is 0. The Balaban J connectivity index is 2.00. The highest BCUT2D eigenvalue weighted by Crippen LogP contribution is 2.42. The standard InChI is InChI=1S/C12H16N4O5S/c1-7-9(4-15(2)14-7)22(20,21)16-3-8-10(17)13-5-12(8,6-16)11(18)19/h4,8H,3,5-6H2,1-2H3,(H,13,17)(H,18,19)/t8-,12+/m1/s1. The van der Waals surface area contributed by atoms with Gasteiger partial charge in [0.05, 0.1) is 11.6 Å². The first-order chi connectivity index (χ1) is 10.2. The van der Waals surface area contributed by atoms with Gasteiger partial charge in [0.15, 0.2) is 0 Å². The Morgan fingerprint density at radius 2 is 2.23 bits per heavy atom. The molecule has 120 valence electrons. The van der Waals surface area contributed by atoms with Gasteiger partial charge in [-0.2, -0.15) is 9.40 Å². The molecule has 0 saturated carbocycles. The van der Waals surface area contributed by atoms with Crippen molar-refractivity contribution in [2.75, 3.05) is 19.6 Å². The number of sulfonamides is 1. The molecule has 9 nitrogen and oxygen atoms in total. The first-order valence-corrected chi connectivity index (χ1v) is 8.14. The van der Waals surface area contributed by atoms with Gasteiger partial charge in [-0.1, -0.05) is 0 Å². The number of aryl methyl sites for hydroxylation is 2. The normalized spacial score (nSPS) is 28.6. The van der Waals surface area contributed by atoms with Crippen molar-refractivity contribution in [3.63, 3.8) is 0 Å². The van der Waals surface area contributed by atoms with E-state index in [1.807, 2.05) is 0 Å². The topological polar surface area (TPSA) is 122 Å². The predicted molar refractivity (Wildman–Crippen MR) is 73.3 cm³/mol. The van der Waals surface area contributed by atoms with E-state index in [2.05, 4.69) is 10.4 Å². The lowest BCUT2D eigenvalue weighted by molar-refractivity contribution is -0.149. The molecule has 0 radical (unpaired) electrons. The Labute approximate surface area is 126 Å². The molecule has 0 unspecified atom stereocenters. The minimum Gasteiger partial charge on any atom is -0.481 e. The molecule has 2 fully saturated rings. The predicted octanol–water partition coefficient (Wildman–Crippen LogP) is -1.45. The smallest absolute Gasteiger partial charge is 0.313 e. The molecular weight excluding hydrogens is 312 g/mol. The molecule has 2 atom stereocenters. The molecular formula is C12H16N4O5S. The largest absolute Gasteiger partial charge is 0.481 e. The number of hydrogen-bond donors (Lipinski definition) is 2. The van der Waals surface area contributed by atoms with Crippen LogP contribution in [0.15, 0.2) is 11.1 Å². The van der Waals surface area contributed by atoms with Crippen LogP contribution in [0.1, 0.15) is 5.69 Å². The second kappa shape index (κ2) is 4.53. The molecule has 22 heavy (non-hydrogen) atoms. The molecule has 2 aliphatic rings. The fraction of sp³-hybridized carbons (Fsp3) is 0.583. The zero-order valence-electron chi connectivity index (χ0n) is 12.1. The molecule has 2 saturated heterocycles. The highest BCUT2D eigenvalue weighted by Gasteiger charge is 2.61. The van der Waals surface area contributed by atoms with Gasteiger partial charge in [0.2, 0.25) is 15.9 Å². The monoisotopic (exact) mass is 328 g/mol. The van der Waals surface area contributed by atoms with Gasteiger partial charge < -0.3 is 10.4 Å². The van der Waals surface area contributed by atoms with E-state index in [1.54, 1.807) is 14.0 Å². The molecule has 0 bridgehead atoms. The average molecular weight is 328 g/mol. The minimum atomic E-state index is -3.88. The van der Waals surface area contributed by atoms with Crippen molar-refractivity contribution >= 4 is 21.9 Å². The molecule has 2 aliphatic heterocycles. The summed E-state index contributed by atoms with van der Waals surface area (Å²) < 4.78 is 27.9. The van der Waals surface area contributed by atoms with E-state index < -0.39 is 33.2 Å². The second-order valence-electron chi connectivity index (χ2n) is 5.78. The Morgan fingerprint density at radius 1 is 1.55 bits per heavy atom. The number of aromatic nitrogens is 2. The maximum absolute atomic E-state index is 12.7. The third-order valence-electron chi connectivity index (χ3n) is 4.42. The maximum Gasteiger partial charge on any atom is 0.313 e. The van der Waals surface area contributed by atoms with Crippen LogP contribution >= 0.6 is 0 Å². The van der Waals surface area contributed by atoms with Crippen molar-refractivity contribution < 1.29 is 23.1 Å². The number of nitrogens with zero attached hydrogens (tertiary/aromatic N) is 3. The molecule has 10 heteroatoms. The number of carbonyl (C=O) groups excluding carboxylic acids is 1. The maximum atomic E-state index is 12.7. The summed E-state index contributed by atoms with van der Waals surface area (Å²) in [7, 11) is -2.27. The van der Waals surface area contributed by atoms with E-state index in [0.717, 1.165) is 4.31 Å². The molecule has 2 N–H and O–H groups in total. The van der Waals surface area contributed by atoms with Crippen LogP contribution < -0.4 is 5.32 Å². The number of aliphatic carboxylic acids is 1. The van der Waals surface area contributed by atoms with Gasteiger partial charge in [-0.15, -0.1) is 0 Å². The lowest BCUT2D eigenvalue weighted by atomic mass is 9.81. The fourth-order valence-electron chi connectivity index (χ4n) is 3.19. The number of nitrogens with one attached hydrogen (secondary N) is 1. The van der Waals surface area contributed by atoms with E-state index in [4.69, 9.17) is 0 Å². The molecule has 3 heterocycles. The lowest BCUT2D eigenvalue weighted by Gasteiger charge is -2.21. The Bertz CT molecular complexity index is 770. The highest BCUT2D eigenvalue weighted by atomic mass is 32.2. The minimum absolute atomic E-state index is 0.0379. The Morgan fingerprint density at radius 3 is 2.73 bits per heavy atom. The number of amides is 1. The lowest BCUT2D eigenvalue weighted by Crippen LogP contribution is -2.41. The van der Waals surface area contributed by atoms with E-state index in [9.17, 15) is 23.1 Å². The zero-order valence-corrected chi connectivity index (χ0v) is 12.9. The molecule has 0 spiro atoms. The van der Waals surface area contributed by atoms with E-state index >= 15 is 0 Å². The summed E-state index contributed by atoms with van der Waals surface area (Å²) in [6.45, 7) is 1.17. The Kier molecular flexibility index (Phi) is 3.08. The molecule has 1 amide bonds. The fourth-order valence-corrected chi connectivity index (χ4v) is 4.92. The summed E-state index contributed by atoms with van der Waals surface area (Å²) in [6.07, 6.45) is 1.38. The quantitative estimate of drug-likeness (QED) is 0.700. The number of hydrogen-bond acceptors (Lipinski definition) is 5. The third kappa shape index (κ3) is 1.87. The van der Waals surface area contributed by atoms with E-state index in [1.165, 1.54) is 10.9 Å². The van der Waals surface area contributed by atoms with Gasteiger partial charge in [0, 0.05) is 32.9 Å². The summed E-state index contributed by atoms with van der Waals surface area (Å²) in [4.78, 5) is 23.5. The average Bonchev–Trinajstić information content (AvgIpc) is 3.05. The summed E-state index contributed by atoms with van der Waals surface area (Å²) in [5.74, 6) is -2.43. The third-order valence-corrected chi connectivity index (χ3v) is 6.33. The first-order valence-electron chi connectivity index (χ1n) is 6.70. The van der Waals surface area contributed by atoms with Crippen LogP contribution in [0.2, 0.25) is 0 Å². The number of fused-ring (bicyclic) bond motifs is 1. The SMILES string of the molecule is Cc1nn(C)cc1S(=O)(=O)N1C[C@@H]2C(=O)NC[C@]2(C(=O)O)C1. The number of carboxylic acid groups (broad SMARTS) is 1. The van der Waals surface area contributed by atoms with Crippen molar-refractivity contribution in [3.05, 3.63) is 11.9 Å². The molecule has 0 aromatic carbocycles. The number of rotatable bonds is 3. The summed E-state index contributed by atoms with van der Waals surface area (Å²) >= 11 is 0. The summed E-state index contributed by atoms with van der Waals surface area (Å²) in [5.41, 5.74) is -1.05. The van der Waals surface area contributed by atoms with Crippen LogP contribution in [-0.2, 0) is 26.7 Å². The van der Waals surface area contributed by atoms with Crippen LogP contribution in [0.5, 0.6) is 0 Å². The first kappa shape index (κ1) is 15.0. The second-order valence-corrected chi connectivity index (χ2v) is 7.69. The van der Waals surface area contributed by atoms with Gasteiger partial charge in [-0.05, 0) is 6.92 Å². The van der Waals surface area contributed by atoms with Crippen molar-refractivity contribution in [2.45, 2.75) is 11.8 Å². The zero-order chi connectivity index (χ0) is 16.3. The van der Waals surface area contributed by atoms with Crippen molar-refractivity contribution in [3.8, 4) is 0 Å². The van der Waals surface area contributed by atoms with E-state index in [-0.39, 0.29) is 24.5 Å². The van der Waals surface area contributed by atoms with Crippen LogP contribution in [0.25, 0.3) is 0 Å². The van der Waals surface area contributed by atoms with Crippen LogP contribution in [0.4, 0.5) is 0 Å². The van der Waals surface area contributed by atoms with Crippen LogP contribution in [-0.4, -0.2) is 59.1 Å².